The van der Waals surface area contributed by atoms with E-state index in [2.05, 4.69) is 26.3 Å². The lowest BCUT2D eigenvalue weighted by Gasteiger charge is -2.32. The Morgan fingerprint density at radius 2 is 1.28 bits per heavy atom. The number of nitrogens with zero attached hydrogens (tertiary/aromatic N) is 6. The summed E-state index contributed by atoms with van der Waals surface area (Å²) >= 11 is 1.48. The van der Waals surface area contributed by atoms with E-state index >= 15 is 0 Å². The second-order valence-corrected chi connectivity index (χ2v) is 20.4. The number of carboxylic acid groups (broad SMARTS) is 3. The van der Waals surface area contributed by atoms with Gasteiger partial charge in [0.15, 0.2) is 17.5 Å². The number of anilines is 1. The van der Waals surface area contributed by atoms with Crippen molar-refractivity contribution in [3.63, 3.8) is 0 Å². The van der Waals surface area contributed by atoms with Crippen molar-refractivity contribution in [1.29, 1.82) is 0 Å². The Kier molecular flexibility index (Phi) is 28.4. The molecular weight excluding hydrogens is 1010 g/mol. The molecule has 424 valence electrons. The number of aliphatic carboxylic acids is 3. The molecule has 2 aliphatic heterocycles. The number of imide groups is 1. The fourth-order valence-corrected chi connectivity index (χ4v) is 9.26. The van der Waals surface area contributed by atoms with Gasteiger partial charge in [0.05, 0.1) is 38.3 Å². The molecule has 0 spiro atoms. The van der Waals surface area contributed by atoms with Crippen LogP contribution in [0.25, 0.3) is 0 Å². The van der Waals surface area contributed by atoms with Gasteiger partial charge in [-0.3, -0.25) is 72.6 Å². The van der Waals surface area contributed by atoms with Crippen molar-refractivity contribution in [2.45, 2.75) is 90.8 Å². The van der Waals surface area contributed by atoms with E-state index in [0.29, 0.717) is 29.8 Å². The highest BCUT2D eigenvalue weighted by Gasteiger charge is 2.36. The number of guanidine groups is 1. The first-order chi connectivity index (χ1) is 36.1. The van der Waals surface area contributed by atoms with Crippen molar-refractivity contribution in [3.8, 4) is 0 Å². The molecule has 1 unspecified atom stereocenters. The number of nitrogens with two attached hydrogens (primary N) is 2. The SMILES string of the molecule is CC[C@H](C)[C@H](CC(=O)[C@H](CCSC)NC(=O)Nc1ccc(CNC(=O)CN2CCN(CC(=O)O)CCN(CC(=O)O)CCN(CC(=O)O)CC2)cc1)C(=O)N[C@@H](CCCN=C(N)N)C(=O)CCCN1C(=O)CC(C)C1=O. The molecule has 5 atom stereocenters. The maximum Gasteiger partial charge on any atom is 0.319 e. The average Bonchev–Trinajstić information content (AvgIpc) is 3.60. The minimum atomic E-state index is -1.06. The van der Waals surface area contributed by atoms with E-state index in [-0.39, 0.29) is 178 Å². The first kappa shape index (κ1) is 64.1. The summed E-state index contributed by atoms with van der Waals surface area (Å²) in [5, 5.41) is 39.7. The first-order valence-electron chi connectivity index (χ1n) is 25.8. The minimum Gasteiger partial charge on any atom is -0.480 e. The molecule has 25 nitrogen and oxygen atoms in total. The number of Topliss-reactive ketones (excluding diaryl/α,β-unsaturated/α-hetero) is 2. The summed E-state index contributed by atoms with van der Waals surface area (Å²) in [5.41, 5.74) is 12.1. The Balaban J connectivity index is 1.63. The van der Waals surface area contributed by atoms with Gasteiger partial charge in [0.1, 0.15) is 0 Å². The van der Waals surface area contributed by atoms with Crippen LogP contribution in [0.4, 0.5) is 10.5 Å². The average molecular weight is 1090 g/mol. The topological polar surface area (TPSA) is 360 Å². The number of aliphatic imine (C=N–C) groups is 1. The van der Waals surface area contributed by atoms with Crippen LogP contribution in [-0.2, 0) is 49.7 Å². The van der Waals surface area contributed by atoms with Crippen molar-refractivity contribution >= 4 is 82.5 Å². The largest absolute Gasteiger partial charge is 0.480 e. The van der Waals surface area contributed by atoms with Crippen LogP contribution in [0.5, 0.6) is 0 Å². The van der Waals surface area contributed by atoms with Crippen LogP contribution < -0.4 is 32.7 Å². The Morgan fingerprint density at radius 1 is 0.750 bits per heavy atom. The van der Waals surface area contributed by atoms with E-state index in [4.69, 9.17) is 11.5 Å². The van der Waals surface area contributed by atoms with Gasteiger partial charge in [-0.15, -0.1) is 0 Å². The fourth-order valence-electron chi connectivity index (χ4n) is 8.79. The number of ketones is 2. The van der Waals surface area contributed by atoms with Crippen LogP contribution in [0.1, 0.15) is 77.7 Å². The van der Waals surface area contributed by atoms with Crippen molar-refractivity contribution in [2.24, 2.45) is 34.2 Å². The quantitative estimate of drug-likeness (QED) is 0.0203. The number of urea groups is 1. The zero-order valence-electron chi connectivity index (χ0n) is 44.3. The Labute approximate surface area is 448 Å². The molecule has 2 heterocycles. The number of hydrogen-bond donors (Lipinski definition) is 9. The van der Waals surface area contributed by atoms with Crippen molar-refractivity contribution in [1.82, 2.24) is 40.4 Å². The van der Waals surface area contributed by atoms with Gasteiger partial charge in [0.25, 0.3) is 0 Å². The summed E-state index contributed by atoms with van der Waals surface area (Å²) in [6.45, 7) is 6.97. The van der Waals surface area contributed by atoms with Gasteiger partial charge in [-0.05, 0) is 61.3 Å². The number of nitrogens with one attached hydrogen (secondary N) is 4. The van der Waals surface area contributed by atoms with Gasteiger partial charge in [-0.2, -0.15) is 11.8 Å². The highest BCUT2D eigenvalue weighted by Crippen LogP contribution is 2.23. The summed E-state index contributed by atoms with van der Waals surface area (Å²) in [6.07, 6.45) is 3.34. The third kappa shape index (κ3) is 24.2. The van der Waals surface area contributed by atoms with Gasteiger partial charge >= 0.3 is 23.9 Å². The number of rotatable bonds is 31. The third-order valence-corrected chi connectivity index (χ3v) is 14.0. The third-order valence-electron chi connectivity index (χ3n) is 13.4. The molecule has 11 N–H and O–H groups in total. The Hall–Kier alpha value is -6.22. The molecule has 1 aromatic rings. The highest BCUT2D eigenvalue weighted by atomic mass is 32.2. The van der Waals surface area contributed by atoms with Gasteiger partial charge < -0.3 is 48.1 Å². The Morgan fingerprint density at radius 3 is 1.75 bits per heavy atom. The number of thioether (sulfide) groups is 1. The molecule has 1 aromatic carbocycles. The summed E-state index contributed by atoms with van der Waals surface area (Å²) in [6, 6.07) is 4.10. The molecule has 0 aromatic heterocycles. The molecule has 26 heteroatoms. The fraction of sp³-hybridized carbons (Fsp3) is 0.660. The lowest BCUT2D eigenvalue weighted by molar-refractivity contribution is -0.140. The zero-order valence-corrected chi connectivity index (χ0v) is 45.2. The number of carboxylic acids is 3. The molecule has 6 amide bonds. The molecule has 0 saturated carbocycles. The minimum absolute atomic E-state index is 0.0143. The maximum atomic E-state index is 14.1. The molecular formula is C50H80N12O13S. The molecule has 2 fully saturated rings. The molecule has 0 bridgehead atoms. The lowest BCUT2D eigenvalue weighted by atomic mass is 9.84. The predicted octanol–water partition coefficient (Wildman–Crippen LogP) is -0.0744. The van der Waals surface area contributed by atoms with E-state index in [9.17, 15) is 63.3 Å². The number of carbonyl (C=O) groups is 10. The second-order valence-electron chi connectivity index (χ2n) is 19.4. The lowest BCUT2D eigenvalue weighted by Crippen LogP contribution is -2.49. The van der Waals surface area contributed by atoms with Crippen molar-refractivity contribution in [2.75, 3.05) is 109 Å². The highest BCUT2D eigenvalue weighted by molar-refractivity contribution is 7.98. The molecule has 2 aliphatic rings. The zero-order chi connectivity index (χ0) is 56.3. The molecule has 0 aliphatic carbocycles. The van der Waals surface area contributed by atoms with Crippen LogP contribution in [0.3, 0.4) is 0 Å². The van der Waals surface area contributed by atoms with Gasteiger partial charge in [-0.25, -0.2) is 4.79 Å². The summed E-state index contributed by atoms with van der Waals surface area (Å²) in [5.74, 6) is -6.38. The molecule has 76 heavy (non-hydrogen) atoms. The number of benzene rings is 1. The Bertz CT molecular complexity index is 2130. The summed E-state index contributed by atoms with van der Waals surface area (Å²) < 4.78 is 0. The monoisotopic (exact) mass is 1090 g/mol. The van der Waals surface area contributed by atoms with Crippen LogP contribution in [0.15, 0.2) is 29.3 Å². The van der Waals surface area contributed by atoms with E-state index < -0.39 is 53.8 Å². The van der Waals surface area contributed by atoms with Crippen molar-refractivity contribution < 1.29 is 63.3 Å². The second kappa shape index (κ2) is 33.7. The number of carbonyl (C=O) groups excluding carboxylic acids is 7. The van der Waals surface area contributed by atoms with Crippen LogP contribution in [0.2, 0.25) is 0 Å². The van der Waals surface area contributed by atoms with Crippen molar-refractivity contribution in [3.05, 3.63) is 29.8 Å². The summed E-state index contributed by atoms with van der Waals surface area (Å²) in [4.78, 5) is 140. The van der Waals surface area contributed by atoms with Gasteiger partial charge in [0.2, 0.25) is 23.6 Å². The predicted molar refractivity (Wildman–Crippen MR) is 285 cm³/mol. The van der Waals surface area contributed by atoms with Crippen LogP contribution >= 0.6 is 11.8 Å². The van der Waals surface area contributed by atoms with E-state index in [1.165, 1.54) is 11.8 Å². The number of likely N-dealkylation sites (tertiary alicyclic amines) is 1. The molecule has 3 rings (SSSR count). The standard InChI is InChI=1S/C50H80N12O13S/c1-5-33(2)37(47(73)56-38(8-6-15-53-49(51)52)40(63)9-7-16-62-43(66)26-34(3)48(62)74)27-41(64)39(14-25-76-4)57-50(75)55-36-12-10-35(11-13-36)28-54-42(65)29-58-17-19-59(30-44(67)68)21-23-61(32-46(71)72)24-22-60(20-18-58)31-45(69)70/h10-13,33-34,37-39H,5-9,14-32H2,1-4H3,(H,54,65)(H,56,73)(H,67,68)(H,69,70)(H,71,72)(H4,51,52,53)(H2,55,57,75)/t33-,34?,37-,38-,39-/m0/s1. The smallest absolute Gasteiger partial charge is 0.319 e. The van der Waals surface area contributed by atoms with Crippen LogP contribution in [0, 0.1) is 17.8 Å². The normalized spacial score (nSPS) is 18.0. The van der Waals surface area contributed by atoms with E-state index in [1.807, 2.05) is 25.0 Å². The summed E-state index contributed by atoms with van der Waals surface area (Å²) in [7, 11) is 0. The number of amides is 6. The van der Waals surface area contributed by atoms with Gasteiger partial charge in [0, 0.05) is 109 Å². The van der Waals surface area contributed by atoms with E-state index in [1.54, 1.807) is 45.9 Å². The van der Waals surface area contributed by atoms with Crippen LogP contribution in [-0.4, -0.2) is 221 Å². The van der Waals surface area contributed by atoms with Gasteiger partial charge in [-0.1, -0.05) is 39.3 Å². The van der Waals surface area contributed by atoms with E-state index in [0.717, 1.165) is 4.90 Å². The number of hydrogen-bond acceptors (Lipinski definition) is 16. The first-order valence-corrected chi connectivity index (χ1v) is 27.2. The maximum absolute atomic E-state index is 14.1. The molecule has 0 radical (unpaired) electrons. The molecule has 2 saturated heterocycles.